The lowest BCUT2D eigenvalue weighted by Gasteiger charge is -2.39. The molecular weight excluding hydrogens is 328 g/mol. The fraction of sp³-hybridized carbons (Fsp3) is 0.538. The number of alkyl halides is 2. The molecule has 1 aromatic carbocycles. The Morgan fingerprint density at radius 1 is 1.33 bits per heavy atom. The van der Waals surface area contributed by atoms with Crippen molar-refractivity contribution < 1.29 is 18.3 Å². The molecule has 120 valence electrons. The van der Waals surface area contributed by atoms with Gasteiger partial charge in [-0.3, -0.25) is 4.90 Å². The molecule has 0 unspecified atom stereocenters. The highest BCUT2D eigenvalue weighted by molar-refractivity contribution is 6.31. The van der Waals surface area contributed by atoms with Gasteiger partial charge in [0.25, 0.3) is 5.92 Å². The number of nitrogens with one attached hydrogen (secondary N) is 1. The van der Waals surface area contributed by atoms with Crippen LogP contribution < -0.4 is 5.32 Å². The van der Waals surface area contributed by atoms with E-state index in [2.05, 4.69) is 5.32 Å². The molecule has 2 rings (SSSR count). The lowest BCUT2D eigenvalue weighted by atomic mass is 9.98. The van der Waals surface area contributed by atoms with E-state index in [0.717, 1.165) is 12.1 Å². The van der Waals surface area contributed by atoms with Crippen molar-refractivity contribution in [2.45, 2.75) is 12.0 Å². The molecule has 1 fully saturated rings. The van der Waals surface area contributed by atoms with Crippen molar-refractivity contribution in [3.8, 4) is 0 Å². The fourth-order valence-electron chi connectivity index (χ4n) is 2.44. The summed E-state index contributed by atoms with van der Waals surface area (Å²) in [7, 11) is 0. The van der Waals surface area contributed by atoms with Crippen molar-refractivity contribution in [1.29, 1.82) is 0 Å². The zero-order valence-electron chi connectivity index (χ0n) is 11.2. The molecule has 3 nitrogen and oxygen atoms in total. The van der Waals surface area contributed by atoms with Crippen LogP contribution in [0.15, 0.2) is 18.2 Å². The number of benzene rings is 1. The van der Waals surface area contributed by atoms with E-state index >= 15 is 0 Å². The van der Waals surface area contributed by atoms with Gasteiger partial charge in [0.2, 0.25) is 0 Å². The zero-order chi connectivity index (χ0) is 14.8. The first-order valence-corrected chi connectivity index (χ1v) is 6.72. The van der Waals surface area contributed by atoms with Crippen molar-refractivity contribution in [3.63, 3.8) is 0 Å². The summed E-state index contributed by atoms with van der Waals surface area (Å²) in [6, 6.07) is 1.96. The van der Waals surface area contributed by atoms with Crippen molar-refractivity contribution in [1.82, 2.24) is 10.2 Å². The van der Waals surface area contributed by atoms with Crippen molar-refractivity contribution in [3.05, 3.63) is 34.6 Å². The summed E-state index contributed by atoms with van der Waals surface area (Å²) in [6.45, 7) is 0.574. The first kappa shape index (κ1) is 18.5. The first-order valence-electron chi connectivity index (χ1n) is 6.34. The summed E-state index contributed by atoms with van der Waals surface area (Å²) < 4.78 is 41.6. The Morgan fingerprint density at radius 2 is 1.95 bits per heavy atom. The second kappa shape index (κ2) is 7.65. The van der Waals surface area contributed by atoms with E-state index in [9.17, 15) is 13.2 Å². The Morgan fingerprint density at radius 3 is 2.52 bits per heavy atom. The van der Waals surface area contributed by atoms with Crippen LogP contribution in [0.1, 0.15) is 11.6 Å². The number of piperazine rings is 1. The molecule has 1 atom stereocenters. The molecule has 21 heavy (non-hydrogen) atoms. The van der Waals surface area contributed by atoms with Gasteiger partial charge in [-0.1, -0.05) is 11.6 Å². The number of halogens is 5. The molecule has 0 amide bonds. The van der Waals surface area contributed by atoms with Crippen LogP contribution >= 0.6 is 24.0 Å². The Labute approximate surface area is 132 Å². The predicted octanol–water partition coefficient (Wildman–Crippen LogP) is 2.47. The predicted molar refractivity (Wildman–Crippen MR) is 77.9 cm³/mol. The van der Waals surface area contributed by atoms with E-state index in [0.29, 0.717) is 26.2 Å². The van der Waals surface area contributed by atoms with Gasteiger partial charge in [0, 0.05) is 31.2 Å². The highest BCUT2D eigenvalue weighted by atomic mass is 35.5. The van der Waals surface area contributed by atoms with Gasteiger partial charge in [0.05, 0.1) is 0 Å². The van der Waals surface area contributed by atoms with Crippen LogP contribution in [0.2, 0.25) is 5.02 Å². The average molecular weight is 345 g/mol. The molecule has 0 aliphatic carbocycles. The minimum atomic E-state index is -3.39. The second-order valence-electron chi connectivity index (χ2n) is 4.77. The highest BCUT2D eigenvalue weighted by Gasteiger charge is 2.45. The number of nitrogens with zero attached hydrogens (tertiary/aromatic N) is 1. The third-order valence-electron chi connectivity index (χ3n) is 3.38. The van der Waals surface area contributed by atoms with E-state index in [1.165, 1.54) is 11.0 Å². The smallest absolute Gasteiger partial charge is 0.289 e. The molecule has 1 aliphatic heterocycles. The van der Waals surface area contributed by atoms with Crippen LogP contribution in [0.25, 0.3) is 0 Å². The Hall–Kier alpha value is -0.530. The zero-order valence-corrected chi connectivity index (χ0v) is 12.7. The molecule has 0 aromatic heterocycles. The van der Waals surface area contributed by atoms with E-state index in [4.69, 9.17) is 16.7 Å². The number of hydrogen-bond donors (Lipinski definition) is 2. The summed E-state index contributed by atoms with van der Waals surface area (Å²) in [5, 5.41) is 12.1. The molecule has 0 bridgehead atoms. The van der Waals surface area contributed by atoms with Gasteiger partial charge in [0.15, 0.2) is 0 Å². The van der Waals surface area contributed by atoms with Crippen LogP contribution in [0, 0.1) is 5.82 Å². The first-order chi connectivity index (χ1) is 9.45. The largest absolute Gasteiger partial charge is 0.390 e. The van der Waals surface area contributed by atoms with Crippen LogP contribution in [0.4, 0.5) is 13.2 Å². The Balaban J connectivity index is 0.00000220. The molecule has 1 aliphatic rings. The maximum absolute atomic E-state index is 14.1. The maximum Gasteiger partial charge on any atom is 0.289 e. The summed E-state index contributed by atoms with van der Waals surface area (Å²) >= 11 is 5.95. The molecular formula is C13H17Cl2F3N2O. The van der Waals surface area contributed by atoms with Crippen LogP contribution in [-0.2, 0) is 0 Å². The summed E-state index contributed by atoms with van der Waals surface area (Å²) in [5.74, 6) is -4.02. The van der Waals surface area contributed by atoms with Crippen LogP contribution in [0.5, 0.6) is 0 Å². The molecule has 1 saturated heterocycles. The monoisotopic (exact) mass is 344 g/mol. The molecule has 0 saturated carbocycles. The quantitative estimate of drug-likeness (QED) is 0.880. The lowest BCUT2D eigenvalue weighted by molar-refractivity contribution is -0.118. The van der Waals surface area contributed by atoms with Crippen molar-refractivity contribution in [2.75, 3.05) is 32.8 Å². The minimum Gasteiger partial charge on any atom is -0.390 e. The minimum absolute atomic E-state index is 0. The SMILES string of the molecule is Cl.OCC(F)(F)[C@@H](c1cc(F)ccc1Cl)N1CCNCC1. The normalized spacial score (nSPS) is 18.1. The van der Waals surface area contributed by atoms with Gasteiger partial charge in [0.1, 0.15) is 18.5 Å². The molecule has 0 radical (unpaired) electrons. The fourth-order valence-corrected chi connectivity index (χ4v) is 2.66. The Kier molecular flexibility index (Phi) is 6.74. The van der Waals surface area contributed by atoms with Crippen LogP contribution in [-0.4, -0.2) is 48.7 Å². The molecule has 1 heterocycles. The summed E-state index contributed by atoms with van der Waals surface area (Å²) in [5.41, 5.74) is 0.00705. The third kappa shape index (κ3) is 4.23. The van der Waals surface area contributed by atoms with Gasteiger partial charge >= 0.3 is 0 Å². The standard InChI is InChI=1S/C13H16ClF3N2O.ClH/c14-11-2-1-9(15)7-10(11)12(13(16,17)8-20)19-5-3-18-4-6-19;/h1-2,7,12,18,20H,3-6,8H2;1H/t12-;/m1./s1. The number of aliphatic hydroxyl groups is 1. The van der Waals surface area contributed by atoms with Gasteiger partial charge in [-0.15, -0.1) is 12.4 Å². The highest BCUT2D eigenvalue weighted by Crippen LogP contribution is 2.39. The average Bonchev–Trinajstić information content (AvgIpc) is 2.44. The molecule has 8 heteroatoms. The van der Waals surface area contributed by atoms with E-state index in [1.54, 1.807) is 0 Å². The van der Waals surface area contributed by atoms with Gasteiger partial charge in [-0.05, 0) is 23.8 Å². The Bertz CT molecular complexity index is 471. The molecule has 1 aromatic rings. The van der Waals surface area contributed by atoms with Gasteiger partial charge in [-0.2, -0.15) is 0 Å². The van der Waals surface area contributed by atoms with E-state index in [1.807, 2.05) is 0 Å². The molecule has 2 N–H and O–H groups in total. The second-order valence-corrected chi connectivity index (χ2v) is 5.18. The van der Waals surface area contributed by atoms with Crippen molar-refractivity contribution >= 4 is 24.0 Å². The number of aliphatic hydroxyl groups excluding tert-OH is 1. The van der Waals surface area contributed by atoms with E-state index in [-0.39, 0.29) is 23.0 Å². The summed E-state index contributed by atoms with van der Waals surface area (Å²) in [4.78, 5) is 1.52. The number of rotatable bonds is 4. The van der Waals surface area contributed by atoms with E-state index < -0.39 is 24.4 Å². The van der Waals surface area contributed by atoms with Gasteiger partial charge in [-0.25, -0.2) is 13.2 Å². The molecule has 0 spiro atoms. The van der Waals surface area contributed by atoms with Gasteiger partial charge < -0.3 is 10.4 Å². The lowest BCUT2D eigenvalue weighted by Crippen LogP contribution is -2.51. The van der Waals surface area contributed by atoms with Crippen LogP contribution in [0.3, 0.4) is 0 Å². The third-order valence-corrected chi connectivity index (χ3v) is 3.72. The summed E-state index contributed by atoms with van der Waals surface area (Å²) in [6.07, 6.45) is 0. The number of hydrogen-bond acceptors (Lipinski definition) is 3. The maximum atomic E-state index is 14.1. The topological polar surface area (TPSA) is 35.5 Å². The van der Waals surface area contributed by atoms with Crippen molar-refractivity contribution in [2.24, 2.45) is 0 Å².